The van der Waals surface area contributed by atoms with Crippen molar-refractivity contribution in [3.8, 4) is 0 Å². The van der Waals surface area contributed by atoms with Crippen molar-refractivity contribution in [1.29, 1.82) is 0 Å². The van der Waals surface area contributed by atoms with Crippen LogP contribution in [0.2, 0.25) is 0 Å². The molecule has 0 aromatic carbocycles. The number of carbonyl (C=O) groups is 3. The van der Waals surface area contributed by atoms with Crippen molar-refractivity contribution in [2.45, 2.75) is 89.5 Å². The number of hydrogen-bond donors (Lipinski definition) is 3. The Bertz CT molecular complexity index is 812. The molecule has 164 valence electrons. The van der Waals surface area contributed by atoms with E-state index in [1.54, 1.807) is 0 Å². The lowest BCUT2D eigenvalue weighted by Crippen LogP contribution is -2.38. The second kappa shape index (κ2) is 9.50. The molecule has 0 spiro atoms. The summed E-state index contributed by atoms with van der Waals surface area (Å²) in [7, 11) is 0. The van der Waals surface area contributed by atoms with E-state index < -0.39 is 17.8 Å². The molecule has 3 N–H and O–H groups in total. The van der Waals surface area contributed by atoms with Crippen LogP contribution in [-0.2, 0) is 22.4 Å². The Labute approximate surface area is 181 Å². The number of anilines is 1. The van der Waals surface area contributed by atoms with Gasteiger partial charge in [0.25, 0.3) is 5.91 Å². The lowest BCUT2D eigenvalue weighted by molar-refractivity contribution is -0.147. The third-order valence-corrected chi connectivity index (χ3v) is 8.20. The molecule has 2 unspecified atom stereocenters. The first kappa shape index (κ1) is 21.3. The Balaban J connectivity index is 1.56. The van der Waals surface area contributed by atoms with E-state index >= 15 is 0 Å². The van der Waals surface area contributed by atoms with Gasteiger partial charge in [0, 0.05) is 10.9 Å². The van der Waals surface area contributed by atoms with E-state index in [4.69, 9.17) is 0 Å². The van der Waals surface area contributed by atoms with Crippen LogP contribution in [0.5, 0.6) is 0 Å². The molecule has 6 nitrogen and oxygen atoms in total. The number of aryl methyl sites for hydroxylation is 1. The van der Waals surface area contributed by atoms with Gasteiger partial charge in [0.2, 0.25) is 5.91 Å². The van der Waals surface area contributed by atoms with Crippen LogP contribution < -0.4 is 10.6 Å². The van der Waals surface area contributed by atoms with Gasteiger partial charge in [0.05, 0.1) is 17.4 Å². The standard InChI is InChI=1S/C23H32N2O4S/c26-20(15-10-4-5-11-16(15)23(28)29)25-22-19(17-12-6-7-13-18(17)30-22)21(27)24-14-8-2-1-3-9-14/h14-16H,1-13H2,(H,24,27)(H,25,26)(H,28,29). The molecule has 1 aromatic heterocycles. The quantitative estimate of drug-likeness (QED) is 0.637. The van der Waals surface area contributed by atoms with Crippen LogP contribution in [0.1, 0.15) is 91.4 Å². The highest BCUT2D eigenvalue weighted by molar-refractivity contribution is 7.17. The summed E-state index contributed by atoms with van der Waals surface area (Å²) in [5, 5.41) is 16.4. The average molecular weight is 433 g/mol. The van der Waals surface area contributed by atoms with Gasteiger partial charge in [-0.25, -0.2) is 0 Å². The predicted octanol–water partition coefficient (Wildman–Crippen LogP) is 4.52. The Morgan fingerprint density at radius 2 is 1.50 bits per heavy atom. The average Bonchev–Trinajstić information content (AvgIpc) is 3.12. The molecule has 2 amide bonds. The molecule has 0 radical (unpaired) electrons. The molecule has 2 atom stereocenters. The van der Waals surface area contributed by atoms with E-state index in [1.807, 2.05) is 0 Å². The zero-order valence-electron chi connectivity index (χ0n) is 17.5. The summed E-state index contributed by atoms with van der Waals surface area (Å²) in [6.07, 6.45) is 12.4. The van der Waals surface area contributed by atoms with Gasteiger partial charge < -0.3 is 15.7 Å². The van der Waals surface area contributed by atoms with Crippen molar-refractivity contribution < 1.29 is 19.5 Å². The first-order valence-electron chi connectivity index (χ1n) is 11.5. The number of carbonyl (C=O) groups excluding carboxylic acids is 2. The highest BCUT2D eigenvalue weighted by atomic mass is 32.1. The molecule has 1 aromatic rings. The van der Waals surface area contributed by atoms with Crippen LogP contribution in [0, 0.1) is 11.8 Å². The second-order valence-electron chi connectivity index (χ2n) is 9.05. The van der Waals surface area contributed by atoms with Gasteiger partial charge in [0.15, 0.2) is 0 Å². The van der Waals surface area contributed by atoms with E-state index in [0.29, 0.717) is 23.4 Å². The summed E-state index contributed by atoms with van der Waals surface area (Å²) in [6, 6.07) is 0.212. The number of hydrogen-bond acceptors (Lipinski definition) is 4. The third kappa shape index (κ3) is 4.56. The number of aliphatic carboxylic acids is 1. The van der Waals surface area contributed by atoms with Crippen molar-refractivity contribution in [3.63, 3.8) is 0 Å². The van der Waals surface area contributed by atoms with Crippen molar-refractivity contribution in [2.75, 3.05) is 5.32 Å². The van der Waals surface area contributed by atoms with Crippen LogP contribution in [0.3, 0.4) is 0 Å². The number of thiophene rings is 1. The number of carboxylic acid groups (broad SMARTS) is 1. The Morgan fingerprint density at radius 3 is 2.23 bits per heavy atom. The summed E-state index contributed by atoms with van der Waals surface area (Å²) in [5.74, 6) is -2.37. The molecule has 7 heteroatoms. The molecule has 0 aliphatic heterocycles. The number of fused-ring (bicyclic) bond motifs is 1. The van der Waals surface area contributed by atoms with Crippen LogP contribution in [0.15, 0.2) is 0 Å². The lowest BCUT2D eigenvalue weighted by atomic mass is 9.78. The van der Waals surface area contributed by atoms with Crippen LogP contribution in [-0.4, -0.2) is 28.9 Å². The minimum Gasteiger partial charge on any atom is -0.481 e. The Morgan fingerprint density at radius 1 is 0.833 bits per heavy atom. The maximum atomic E-state index is 13.2. The molecule has 3 aliphatic carbocycles. The van der Waals surface area contributed by atoms with Crippen LogP contribution in [0.25, 0.3) is 0 Å². The normalized spacial score (nSPS) is 24.7. The van der Waals surface area contributed by atoms with E-state index in [2.05, 4.69) is 10.6 Å². The van der Waals surface area contributed by atoms with E-state index in [1.165, 1.54) is 22.6 Å². The number of rotatable bonds is 5. The Kier molecular flexibility index (Phi) is 6.76. The third-order valence-electron chi connectivity index (χ3n) is 7.00. The fourth-order valence-electron chi connectivity index (χ4n) is 5.34. The van der Waals surface area contributed by atoms with Crippen molar-refractivity contribution in [2.24, 2.45) is 11.8 Å². The molecule has 2 saturated carbocycles. The minimum atomic E-state index is -0.893. The number of amides is 2. The molecule has 4 rings (SSSR count). The van der Waals surface area contributed by atoms with Gasteiger partial charge in [-0.2, -0.15) is 0 Å². The fourth-order valence-corrected chi connectivity index (χ4v) is 6.63. The van der Waals surface area contributed by atoms with Crippen molar-refractivity contribution >= 4 is 34.1 Å². The molecule has 0 saturated heterocycles. The second-order valence-corrected chi connectivity index (χ2v) is 10.2. The Hall–Kier alpha value is -1.89. The maximum absolute atomic E-state index is 13.2. The monoisotopic (exact) mass is 432 g/mol. The summed E-state index contributed by atoms with van der Waals surface area (Å²) in [6.45, 7) is 0. The van der Waals surface area contributed by atoms with Gasteiger partial charge in [-0.05, 0) is 56.9 Å². The number of carboxylic acids is 1. The summed E-state index contributed by atoms with van der Waals surface area (Å²) in [4.78, 5) is 39.1. The van der Waals surface area contributed by atoms with Crippen LogP contribution in [0.4, 0.5) is 5.00 Å². The van der Waals surface area contributed by atoms with Crippen LogP contribution >= 0.6 is 11.3 Å². The molecule has 2 fully saturated rings. The summed E-state index contributed by atoms with van der Waals surface area (Å²) >= 11 is 1.51. The highest BCUT2D eigenvalue weighted by Crippen LogP contribution is 2.39. The largest absolute Gasteiger partial charge is 0.481 e. The molecule has 0 bridgehead atoms. The molecule has 1 heterocycles. The minimum absolute atomic E-state index is 0.0740. The van der Waals surface area contributed by atoms with Gasteiger partial charge in [-0.3, -0.25) is 14.4 Å². The zero-order chi connectivity index (χ0) is 21.1. The van der Waals surface area contributed by atoms with Crippen molar-refractivity contribution in [1.82, 2.24) is 5.32 Å². The highest BCUT2D eigenvalue weighted by Gasteiger charge is 2.37. The SMILES string of the molecule is O=C(NC1CCCCC1)c1c(NC(=O)C2CCCCC2C(=O)O)sc2c1CCCC2. The zero-order valence-corrected chi connectivity index (χ0v) is 18.3. The van der Waals surface area contributed by atoms with Gasteiger partial charge in [0.1, 0.15) is 5.00 Å². The van der Waals surface area contributed by atoms with Gasteiger partial charge in [-0.1, -0.05) is 32.1 Å². The fraction of sp³-hybridized carbons (Fsp3) is 0.696. The van der Waals surface area contributed by atoms with Gasteiger partial charge >= 0.3 is 5.97 Å². The lowest BCUT2D eigenvalue weighted by Gasteiger charge is -2.27. The topological polar surface area (TPSA) is 95.5 Å². The van der Waals surface area contributed by atoms with E-state index in [0.717, 1.165) is 69.8 Å². The molecule has 30 heavy (non-hydrogen) atoms. The summed E-state index contributed by atoms with van der Waals surface area (Å²) in [5.41, 5.74) is 1.73. The first-order valence-corrected chi connectivity index (χ1v) is 12.4. The van der Waals surface area contributed by atoms with Gasteiger partial charge in [-0.15, -0.1) is 11.3 Å². The maximum Gasteiger partial charge on any atom is 0.307 e. The predicted molar refractivity (Wildman–Crippen MR) is 117 cm³/mol. The number of nitrogens with one attached hydrogen (secondary N) is 2. The van der Waals surface area contributed by atoms with E-state index in [-0.39, 0.29) is 17.9 Å². The summed E-state index contributed by atoms with van der Waals surface area (Å²) < 4.78 is 0. The molecular weight excluding hydrogens is 400 g/mol. The smallest absolute Gasteiger partial charge is 0.307 e. The van der Waals surface area contributed by atoms with Crippen molar-refractivity contribution in [3.05, 3.63) is 16.0 Å². The molecule has 3 aliphatic rings. The first-order chi connectivity index (χ1) is 14.5. The van der Waals surface area contributed by atoms with E-state index in [9.17, 15) is 19.5 Å². The molecular formula is C23H32N2O4S.